The summed E-state index contributed by atoms with van der Waals surface area (Å²) in [5.41, 5.74) is 1.29. The summed E-state index contributed by atoms with van der Waals surface area (Å²) in [6.07, 6.45) is 2.50. The van der Waals surface area contributed by atoms with Crippen LogP contribution >= 0.6 is 24.0 Å². The van der Waals surface area contributed by atoms with E-state index >= 15 is 0 Å². The number of hydrogen-bond acceptors (Lipinski definition) is 4. The Kier molecular flexibility index (Phi) is 10.2. The van der Waals surface area contributed by atoms with Gasteiger partial charge in [-0.2, -0.15) is 0 Å². The molecule has 8 heteroatoms. The first-order valence-electron chi connectivity index (χ1n) is 10.6. The van der Waals surface area contributed by atoms with E-state index in [0.29, 0.717) is 24.8 Å². The largest absolute Gasteiger partial charge is 0.497 e. The van der Waals surface area contributed by atoms with Gasteiger partial charge >= 0.3 is 0 Å². The fourth-order valence-corrected chi connectivity index (χ4v) is 3.57. The Morgan fingerprint density at radius 3 is 2.42 bits per heavy atom. The normalized spacial score (nSPS) is 15.3. The second-order valence-corrected chi connectivity index (χ2v) is 7.46. The van der Waals surface area contributed by atoms with Gasteiger partial charge in [0.05, 0.1) is 13.4 Å². The Labute approximate surface area is 201 Å². The van der Waals surface area contributed by atoms with Crippen molar-refractivity contribution in [2.24, 2.45) is 4.99 Å². The Morgan fingerprint density at radius 1 is 1.16 bits per heavy atom. The number of nitrogens with one attached hydrogen (secondary N) is 1. The van der Waals surface area contributed by atoms with Crippen LogP contribution < -0.4 is 10.1 Å². The molecule has 170 valence electrons. The molecule has 1 unspecified atom stereocenters. The monoisotopic (exact) mass is 540 g/mol. The van der Waals surface area contributed by atoms with E-state index in [2.05, 4.69) is 36.2 Å². The standard InChI is InChI=1S/C23H32N4O3.HI/c1-4-24-23(25-12-11-18(2)19-7-9-20(29-3)10-8-19)27-15-13-26(14-16-27)22(28)21-6-5-17-30-21;/h5-10,17-18H,4,11-16H2,1-3H3,(H,24,25);1H. The number of guanidine groups is 1. The molecule has 1 aromatic carbocycles. The molecule has 1 N–H and O–H groups in total. The first-order valence-corrected chi connectivity index (χ1v) is 10.6. The van der Waals surface area contributed by atoms with Crippen molar-refractivity contribution >= 4 is 35.8 Å². The highest BCUT2D eigenvalue weighted by molar-refractivity contribution is 14.0. The van der Waals surface area contributed by atoms with E-state index in [1.807, 2.05) is 17.0 Å². The van der Waals surface area contributed by atoms with Gasteiger partial charge in [0, 0.05) is 39.3 Å². The maximum Gasteiger partial charge on any atom is 0.289 e. The molecule has 1 aliphatic heterocycles. The number of nitrogens with zero attached hydrogens (tertiary/aromatic N) is 3. The fourth-order valence-electron chi connectivity index (χ4n) is 3.57. The van der Waals surface area contributed by atoms with E-state index < -0.39 is 0 Å². The van der Waals surface area contributed by atoms with Gasteiger partial charge in [0.15, 0.2) is 11.7 Å². The van der Waals surface area contributed by atoms with Crippen molar-refractivity contribution < 1.29 is 13.9 Å². The van der Waals surface area contributed by atoms with Crippen molar-refractivity contribution in [3.05, 3.63) is 54.0 Å². The molecule has 2 aromatic rings. The lowest BCUT2D eigenvalue weighted by atomic mass is 9.98. The van der Waals surface area contributed by atoms with Crippen LogP contribution in [0.2, 0.25) is 0 Å². The number of halogens is 1. The molecular formula is C23H33IN4O3. The van der Waals surface area contributed by atoms with Gasteiger partial charge in [-0.3, -0.25) is 9.79 Å². The first kappa shape index (κ1) is 25.0. The van der Waals surface area contributed by atoms with Crippen LogP contribution in [0.3, 0.4) is 0 Å². The van der Waals surface area contributed by atoms with E-state index in [1.165, 1.54) is 11.8 Å². The van der Waals surface area contributed by atoms with Crippen LogP contribution in [-0.2, 0) is 0 Å². The van der Waals surface area contributed by atoms with Crippen molar-refractivity contribution in [2.75, 3.05) is 46.4 Å². The summed E-state index contributed by atoms with van der Waals surface area (Å²) in [6, 6.07) is 11.7. The topological polar surface area (TPSA) is 70.3 Å². The highest BCUT2D eigenvalue weighted by atomic mass is 127. The second kappa shape index (κ2) is 12.6. The Bertz CT molecular complexity index is 816. The van der Waals surface area contributed by atoms with Gasteiger partial charge in [-0.05, 0) is 49.1 Å². The van der Waals surface area contributed by atoms with Gasteiger partial charge in [0.2, 0.25) is 0 Å². The van der Waals surface area contributed by atoms with Crippen LogP contribution in [0.25, 0.3) is 0 Å². The number of ether oxygens (including phenoxy) is 1. The summed E-state index contributed by atoms with van der Waals surface area (Å²) in [6.45, 7) is 8.70. The second-order valence-electron chi connectivity index (χ2n) is 7.46. The predicted octanol–water partition coefficient (Wildman–Crippen LogP) is 3.82. The highest BCUT2D eigenvalue weighted by Crippen LogP contribution is 2.21. The number of furan rings is 1. The van der Waals surface area contributed by atoms with E-state index in [-0.39, 0.29) is 29.9 Å². The number of rotatable bonds is 7. The molecular weight excluding hydrogens is 507 g/mol. The average molecular weight is 540 g/mol. The lowest BCUT2D eigenvalue weighted by Crippen LogP contribution is -2.53. The molecule has 31 heavy (non-hydrogen) atoms. The maximum absolute atomic E-state index is 12.4. The molecule has 3 rings (SSSR count). The van der Waals surface area contributed by atoms with Crippen molar-refractivity contribution in [1.29, 1.82) is 0 Å². The summed E-state index contributed by atoms with van der Waals surface area (Å²) in [4.78, 5) is 21.4. The number of piperazine rings is 1. The fraction of sp³-hybridized carbons (Fsp3) is 0.478. The molecule has 1 atom stereocenters. The molecule has 7 nitrogen and oxygen atoms in total. The Morgan fingerprint density at radius 2 is 1.84 bits per heavy atom. The maximum atomic E-state index is 12.4. The molecule has 1 fully saturated rings. The first-order chi connectivity index (χ1) is 14.6. The molecule has 1 aliphatic rings. The number of carbonyl (C=O) groups is 1. The van der Waals surface area contributed by atoms with Gasteiger partial charge in [-0.1, -0.05) is 19.1 Å². The molecule has 1 amide bonds. The Hall–Kier alpha value is -2.23. The molecule has 0 bridgehead atoms. The molecule has 0 aliphatic carbocycles. The van der Waals surface area contributed by atoms with Crippen LogP contribution in [0.15, 0.2) is 52.1 Å². The van der Waals surface area contributed by atoms with Gasteiger partial charge < -0.3 is 24.3 Å². The zero-order valence-electron chi connectivity index (χ0n) is 18.5. The minimum atomic E-state index is -0.0464. The zero-order chi connectivity index (χ0) is 21.3. The molecule has 0 radical (unpaired) electrons. The number of hydrogen-bond donors (Lipinski definition) is 1. The van der Waals surface area contributed by atoms with Crippen molar-refractivity contribution in [1.82, 2.24) is 15.1 Å². The van der Waals surface area contributed by atoms with Crippen LogP contribution in [0.4, 0.5) is 0 Å². The lowest BCUT2D eigenvalue weighted by molar-refractivity contribution is 0.0657. The smallest absolute Gasteiger partial charge is 0.289 e. The van der Waals surface area contributed by atoms with Gasteiger partial charge in [-0.25, -0.2) is 0 Å². The van der Waals surface area contributed by atoms with Crippen LogP contribution in [0.5, 0.6) is 5.75 Å². The quantitative estimate of drug-likeness (QED) is 0.329. The molecule has 0 spiro atoms. The van der Waals surface area contributed by atoms with E-state index in [4.69, 9.17) is 14.1 Å². The minimum absolute atomic E-state index is 0. The predicted molar refractivity (Wildman–Crippen MR) is 134 cm³/mol. The van der Waals surface area contributed by atoms with Crippen molar-refractivity contribution in [2.45, 2.75) is 26.2 Å². The summed E-state index contributed by atoms with van der Waals surface area (Å²) >= 11 is 0. The number of benzene rings is 1. The van der Waals surface area contributed by atoms with Gasteiger partial charge in [0.1, 0.15) is 5.75 Å². The highest BCUT2D eigenvalue weighted by Gasteiger charge is 2.25. The van der Waals surface area contributed by atoms with Gasteiger partial charge in [0.25, 0.3) is 5.91 Å². The summed E-state index contributed by atoms with van der Waals surface area (Å²) in [7, 11) is 1.68. The van der Waals surface area contributed by atoms with Crippen LogP contribution in [0, 0.1) is 0 Å². The molecule has 1 saturated heterocycles. The average Bonchev–Trinajstić information content (AvgIpc) is 3.33. The zero-order valence-corrected chi connectivity index (χ0v) is 20.9. The van der Waals surface area contributed by atoms with Crippen LogP contribution in [0.1, 0.15) is 42.3 Å². The van der Waals surface area contributed by atoms with E-state index in [9.17, 15) is 4.79 Å². The number of methoxy groups -OCH3 is 1. The molecule has 1 aromatic heterocycles. The third-order valence-corrected chi connectivity index (χ3v) is 5.44. The van der Waals surface area contributed by atoms with Gasteiger partial charge in [-0.15, -0.1) is 24.0 Å². The third kappa shape index (κ3) is 6.88. The van der Waals surface area contributed by atoms with Crippen molar-refractivity contribution in [3.8, 4) is 5.75 Å². The minimum Gasteiger partial charge on any atom is -0.497 e. The van der Waals surface area contributed by atoms with Crippen LogP contribution in [-0.4, -0.2) is 68.0 Å². The summed E-state index contributed by atoms with van der Waals surface area (Å²) in [5, 5.41) is 3.39. The van der Waals surface area contributed by atoms with E-state index in [1.54, 1.807) is 19.2 Å². The summed E-state index contributed by atoms with van der Waals surface area (Å²) in [5.74, 6) is 2.57. The Balaban J connectivity index is 0.00000341. The summed E-state index contributed by atoms with van der Waals surface area (Å²) < 4.78 is 10.5. The number of aliphatic imine (C=N–C) groups is 1. The molecule has 2 heterocycles. The van der Waals surface area contributed by atoms with E-state index in [0.717, 1.165) is 44.3 Å². The SMILES string of the molecule is CCNC(=NCCC(C)c1ccc(OC)cc1)N1CCN(C(=O)c2ccco2)CC1.I. The number of amides is 1. The third-order valence-electron chi connectivity index (χ3n) is 5.44. The number of carbonyl (C=O) groups excluding carboxylic acids is 1. The van der Waals surface area contributed by atoms with Crippen molar-refractivity contribution in [3.63, 3.8) is 0 Å². The molecule has 0 saturated carbocycles. The lowest BCUT2D eigenvalue weighted by Gasteiger charge is -2.36.